The van der Waals surface area contributed by atoms with Crippen molar-refractivity contribution < 1.29 is 8.42 Å². The van der Waals surface area contributed by atoms with Gasteiger partial charge in [-0.05, 0) is 48.0 Å². The molecule has 0 fully saturated rings. The summed E-state index contributed by atoms with van der Waals surface area (Å²) in [5, 5.41) is 15.4. The van der Waals surface area contributed by atoms with E-state index in [1.807, 2.05) is 13.8 Å². The summed E-state index contributed by atoms with van der Waals surface area (Å²) in [5.74, 6) is 0. The second-order valence-electron chi connectivity index (χ2n) is 4.45. The minimum Gasteiger partial charge on any atom is -0.380 e. The van der Waals surface area contributed by atoms with Crippen molar-refractivity contribution in [2.24, 2.45) is 5.14 Å². The van der Waals surface area contributed by atoms with Crippen LogP contribution in [0.1, 0.15) is 17.0 Å². The molecule has 0 saturated heterocycles. The first kappa shape index (κ1) is 15.0. The van der Waals surface area contributed by atoms with Crippen LogP contribution in [-0.2, 0) is 16.6 Å². The SMILES string of the molecule is Cc1n[nH]c(C)c1CNc1ccc(S(N)(=O)=O)cc1Br. The number of rotatable bonds is 4. The van der Waals surface area contributed by atoms with Gasteiger partial charge in [-0.25, -0.2) is 13.6 Å². The molecule has 2 rings (SSSR count). The highest BCUT2D eigenvalue weighted by atomic mass is 79.9. The number of primary sulfonamides is 1. The lowest BCUT2D eigenvalue weighted by Gasteiger charge is -2.10. The van der Waals surface area contributed by atoms with Gasteiger partial charge in [0, 0.05) is 28.0 Å². The van der Waals surface area contributed by atoms with Gasteiger partial charge in [-0.15, -0.1) is 0 Å². The van der Waals surface area contributed by atoms with Gasteiger partial charge in [0.25, 0.3) is 0 Å². The van der Waals surface area contributed by atoms with Gasteiger partial charge in [0.2, 0.25) is 10.0 Å². The third-order valence-electron chi connectivity index (χ3n) is 3.01. The van der Waals surface area contributed by atoms with Gasteiger partial charge in [0.15, 0.2) is 0 Å². The molecule has 108 valence electrons. The number of aromatic amines is 1. The van der Waals surface area contributed by atoms with Crippen LogP contribution in [0, 0.1) is 13.8 Å². The third-order valence-corrected chi connectivity index (χ3v) is 4.57. The molecule has 0 aliphatic rings. The van der Waals surface area contributed by atoms with Gasteiger partial charge >= 0.3 is 0 Å². The van der Waals surface area contributed by atoms with Crippen LogP contribution in [-0.4, -0.2) is 18.6 Å². The molecule has 0 amide bonds. The Hall–Kier alpha value is -1.38. The molecule has 1 aromatic carbocycles. The van der Waals surface area contributed by atoms with E-state index < -0.39 is 10.0 Å². The molecule has 0 saturated carbocycles. The maximum atomic E-state index is 11.3. The number of aryl methyl sites for hydroxylation is 2. The number of halogens is 1. The van der Waals surface area contributed by atoms with Crippen molar-refractivity contribution in [3.8, 4) is 0 Å². The minimum absolute atomic E-state index is 0.0746. The Morgan fingerprint density at radius 1 is 1.40 bits per heavy atom. The van der Waals surface area contributed by atoms with Gasteiger partial charge in [-0.2, -0.15) is 5.10 Å². The number of nitrogens with one attached hydrogen (secondary N) is 2. The minimum atomic E-state index is -3.69. The van der Waals surface area contributed by atoms with E-state index in [9.17, 15) is 8.42 Å². The number of hydrogen-bond donors (Lipinski definition) is 3. The fraction of sp³-hybridized carbons (Fsp3) is 0.250. The predicted octanol–water partition coefficient (Wildman–Crippen LogP) is 2.05. The number of benzene rings is 1. The summed E-state index contributed by atoms with van der Waals surface area (Å²) in [6.07, 6.45) is 0. The van der Waals surface area contributed by atoms with E-state index in [0.29, 0.717) is 11.0 Å². The fourth-order valence-electron chi connectivity index (χ4n) is 1.83. The molecule has 8 heteroatoms. The molecule has 0 aliphatic heterocycles. The predicted molar refractivity (Wildman–Crippen MR) is 80.9 cm³/mol. The van der Waals surface area contributed by atoms with Crippen LogP contribution in [0.3, 0.4) is 0 Å². The van der Waals surface area contributed by atoms with Crippen LogP contribution in [0.5, 0.6) is 0 Å². The Balaban J connectivity index is 2.19. The number of hydrogen-bond acceptors (Lipinski definition) is 4. The van der Waals surface area contributed by atoms with Crippen molar-refractivity contribution in [1.29, 1.82) is 0 Å². The van der Waals surface area contributed by atoms with Crippen molar-refractivity contribution in [1.82, 2.24) is 10.2 Å². The fourth-order valence-corrected chi connectivity index (χ4v) is 3.04. The molecule has 0 radical (unpaired) electrons. The molecule has 0 spiro atoms. The van der Waals surface area contributed by atoms with Gasteiger partial charge in [-0.1, -0.05) is 0 Å². The number of sulfonamides is 1. The Kier molecular flexibility index (Phi) is 4.17. The summed E-state index contributed by atoms with van der Waals surface area (Å²) in [4.78, 5) is 0.0746. The summed E-state index contributed by atoms with van der Waals surface area (Å²) >= 11 is 3.33. The zero-order valence-electron chi connectivity index (χ0n) is 11.1. The van der Waals surface area contributed by atoms with Crippen LogP contribution < -0.4 is 10.5 Å². The molecule has 0 unspecified atom stereocenters. The van der Waals surface area contributed by atoms with Gasteiger partial charge in [0.1, 0.15) is 0 Å². The Morgan fingerprint density at radius 2 is 2.10 bits per heavy atom. The normalized spacial score (nSPS) is 11.6. The Bertz CT molecular complexity index is 720. The number of H-pyrrole nitrogens is 1. The average molecular weight is 359 g/mol. The lowest BCUT2D eigenvalue weighted by molar-refractivity contribution is 0.598. The molecule has 0 aliphatic carbocycles. The molecule has 1 aromatic heterocycles. The lowest BCUT2D eigenvalue weighted by atomic mass is 10.2. The van der Waals surface area contributed by atoms with E-state index in [4.69, 9.17) is 5.14 Å². The van der Waals surface area contributed by atoms with Crippen molar-refractivity contribution in [2.75, 3.05) is 5.32 Å². The second-order valence-corrected chi connectivity index (χ2v) is 6.87. The summed E-state index contributed by atoms with van der Waals surface area (Å²) in [5.41, 5.74) is 3.82. The first-order chi connectivity index (χ1) is 9.29. The highest BCUT2D eigenvalue weighted by Crippen LogP contribution is 2.26. The molecular weight excluding hydrogens is 344 g/mol. The number of anilines is 1. The van der Waals surface area contributed by atoms with Crippen LogP contribution in [0.4, 0.5) is 5.69 Å². The van der Waals surface area contributed by atoms with Crippen molar-refractivity contribution in [3.63, 3.8) is 0 Å². The molecular formula is C12H15BrN4O2S. The summed E-state index contributed by atoms with van der Waals surface area (Å²) in [6, 6.07) is 4.62. The van der Waals surface area contributed by atoms with Crippen LogP contribution in [0.15, 0.2) is 27.6 Å². The maximum Gasteiger partial charge on any atom is 0.238 e. The van der Waals surface area contributed by atoms with Crippen LogP contribution in [0.25, 0.3) is 0 Å². The van der Waals surface area contributed by atoms with Gasteiger partial charge < -0.3 is 5.32 Å². The molecule has 0 bridgehead atoms. The summed E-state index contributed by atoms with van der Waals surface area (Å²) in [6.45, 7) is 4.48. The molecule has 6 nitrogen and oxygen atoms in total. The van der Waals surface area contributed by atoms with Crippen molar-refractivity contribution >= 4 is 31.6 Å². The molecule has 20 heavy (non-hydrogen) atoms. The number of nitrogens with zero attached hydrogens (tertiary/aromatic N) is 1. The first-order valence-electron chi connectivity index (χ1n) is 5.85. The van der Waals surface area contributed by atoms with Crippen molar-refractivity contribution in [2.45, 2.75) is 25.3 Å². The van der Waals surface area contributed by atoms with E-state index in [1.165, 1.54) is 12.1 Å². The standard InChI is InChI=1S/C12H15BrN4O2S/c1-7-10(8(2)17-16-7)6-15-12-4-3-9(5-11(12)13)20(14,18)19/h3-5,15H,6H2,1-2H3,(H,16,17)(H2,14,18,19). The lowest BCUT2D eigenvalue weighted by Crippen LogP contribution is -2.12. The largest absolute Gasteiger partial charge is 0.380 e. The Morgan fingerprint density at radius 3 is 2.60 bits per heavy atom. The van der Waals surface area contributed by atoms with E-state index in [-0.39, 0.29) is 4.90 Å². The average Bonchev–Trinajstić information content (AvgIpc) is 2.67. The monoisotopic (exact) mass is 358 g/mol. The first-order valence-corrected chi connectivity index (χ1v) is 8.19. The van der Waals surface area contributed by atoms with E-state index in [0.717, 1.165) is 22.6 Å². The smallest absolute Gasteiger partial charge is 0.238 e. The van der Waals surface area contributed by atoms with Gasteiger partial charge in [-0.3, -0.25) is 5.10 Å². The topological polar surface area (TPSA) is 101 Å². The van der Waals surface area contributed by atoms with Crippen molar-refractivity contribution in [3.05, 3.63) is 39.6 Å². The van der Waals surface area contributed by atoms with Gasteiger partial charge in [0.05, 0.1) is 10.6 Å². The maximum absolute atomic E-state index is 11.3. The van der Waals surface area contributed by atoms with E-state index >= 15 is 0 Å². The zero-order chi connectivity index (χ0) is 14.9. The van der Waals surface area contributed by atoms with Crippen LogP contribution >= 0.6 is 15.9 Å². The zero-order valence-corrected chi connectivity index (χ0v) is 13.5. The second kappa shape index (κ2) is 5.55. The molecule has 4 N–H and O–H groups in total. The highest BCUT2D eigenvalue weighted by Gasteiger charge is 2.11. The quantitative estimate of drug-likeness (QED) is 0.778. The van der Waals surface area contributed by atoms with E-state index in [2.05, 4.69) is 31.4 Å². The van der Waals surface area contributed by atoms with Crippen LogP contribution in [0.2, 0.25) is 0 Å². The summed E-state index contributed by atoms with van der Waals surface area (Å²) < 4.78 is 23.2. The number of nitrogens with two attached hydrogens (primary N) is 1. The Labute approximate surface area is 125 Å². The van der Waals surface area contributed by atoms with E-state index in [1.54, 1.807) is 6.07 Å². The molecule has 1 heterocycles. The molecule has 0 atom stereocenters. The highest BCUT2D eigenvalue weighted by molar-refractivity contribution is 9.10. The summed E-state index contributed by atoms with van der Waals surface area (Å²) in [7, 11) is -3.69. The third kappa shape index (κ3) is 3.20. The number of aromatic nitrogens is 2. The molecule has 2 aromatic rings.